The molecule has 1 aliphatic rings. The zero-order chi connectivity index (χ0) is 20.2. The Bertz CT molecular complexity index is 1120. The third-order valence-electron chi connectivity index (χ3n) is 5.09. The third kappa shape index (κ3) is 2.69. The van der Waals surface area contributed by atoms with Crippen molar-refractivity contribution in [3.8, 4) is 5.69 Å². The van der Waals surface area contributed by atoms with E-state index in [9.17, 15) is 9.59 Å². The minimum Gasteiger partial charge on any atom is -0.295 e. The Morgan fingerprint density at radius 3 is 2.14 bits per heavy atom. The van der Waals surface area contributed by atoms with E-state index in [0.29, 0.717) is 27.0 Å². The van der Waals surface area contributed by atoms with E-state index in [-0.39, 0.29) is 17.2 Å². The summed E-state index contributed by atoms with van der Waals surface area (Å²) in [6.07, 6.45) is 0. The summed E-state index contributed by atoms with van der Waals surface area (Å²) in [4.78, 5) is 27.4. The second-order valence-corrected chi connectivity index (χ2v) is 7.88. The molecule has 0 radical (unpaired) electrons. The van der Waals surface area contributed by atoms with Crippen molar-refractivity contribution in [3.05, 3.63) is 80.2 Å². The normalized spacial score (nSPS) is 19.0. The van der Waals surface area contributed by atoms with E-state index in [1.807, 2.05) is 30.3 Å². The second-order valence-electron chi connectivity index (χ2n) is 6.60. The van der Waals surface area contributed by atoms with E-state index in [2.05, 4.69) is 0 Å². The van der Waals surface area contributed by atoms with E-state index in [4.69, 9.17) is 34.8 Å². The van der Waals surface area contributed by atoms with Crippen molar-refractivity contribution >= 4 is 46.4 Å². The van der Waals surface area contributed by atoms with Gasteiger partial charge in [0.2, 0.25) is 5.91 Å². The summed E-state index contributed by atoms with van der Waals surface area (Å²) in [5, 5.41) is -0.0446. The molecule has 4 rings (SSSR count). The molecular formula is C20H16Cl3N3O2. The summed E-state index contributed by atoms with van der Waals surface area (Å²) in [5.74, 6) is -0.353. The van der Waals surface area contributed by atoms with Crippen molar-refractivity contribution in [1.82, 2.24) is 9.36 Å². The van der Waals surface area contributed by atoms with Crippen LogP contribution in [-0.2, 0) is 11.8 Å². The molecule has 144 valence electrons. The molecule has 8 heteroatoms. The number of carbonyl (C=O) groups excluding carboxylic acids is 1. The van der Waals surface area contributed by atoms with Crippen LogP contribution in [0.3, 0.4) is 0 Å². The number of benzene rings is 2. The molecule has 3 aromatic rings. The van der Waals surface area contributed by atoms with Gasteiger partial charge in [0, 0.05) is 22.7 Å². The lowest BCUT2D eigenvalue weighted by atomic mass is 9.92. The van der Waals surface area contributed by atoms with E-state index < -0.39 is 11.4 Å². The van der Waals surface area contributed by atoms with Crippen LogP contribution < -0.4 is 10.5 Å². The van der Waals surface area contributed by atoms with Gasteiger partial charge in [-0.1, -0.05) is 47.5 Å². The standard InChI is InChI=1S/C20H16Cl3N3O2/c1-11-17(20(28)26(24(11)2)12-7-4-3-5-8-12)25-18(16(23)19(25)27)15-13(21)9-6-10-14(15)22/h3-10,16,18H,1-2H3/t16-,18+/m0/s1. The van der Waals surface area contributed by atoms with Crippen molar-refractivity contribution in [3.63, 3.8) is 0 Å². The topological polar surface area (TPSA) is 47.2 Å². The lowest BCUT2D eigenvalue weighted by molar-refractivity contribution is -0.123. The van der Waals surface area contributed by atoms with Crippen molar-refractivity contribution in [1.29, 1.82) is 0 Å². The van der Waals surface area contributed by atoms with Crippen LogP contribution in [0.2, 0.25) is 10.0 Å². The SMILES string of the molecule is Cc1c(N2C(=O)[C@@H](Cl)[C@H]2c2c(Cl)cccc2Cl)c(=O)n(-c2ccccc2)n1C. The minimum atomic E-state index is -0.846. The summed E-state index contributed by atoms with van der Waals surface area (Å²) in [5.41, 5.74) is 1.84. The third-order valence-corrected chi connectivity index (χ3v) is 6.17. The highest BCUT2D eigenvalue weighted by molar-refractivity contribution is 6.40. The fourth-order valence-corrected chi connectivity index (χ4v) is 4.57. The number of anilines is 1. The number of halogens is 3. The van der Waals surface area contributed by atoms with Crippen LogP contribution in [0.5, 0.6) is 0 Å². The highest BCUT2D eigenvalue weighted by atomic mass is 35.5. The molecule has 2 aromatic carbocycles. The molecule has 1 aliphatic heterocycles. The molecule has 5 nitrogen and oxygen atoms in total. The number of alkyl halides is 1. The highest BCUT2D eigenvalue weighted by Crippen LogP contribution is 2.46. The van der Waals surface area contributed by atoms with Crippen molar-refractivity contribution in [2.75, 3.05) is 4.90 Å². The monoisotopic (exact) mass is 435 g/mol. The van der Waals surface area contributed by atoms with Gasteiger partial charge in [-0.05, 0) is 31.2 Å². The molecule has 2 atom stereocenters. The molecule has 0 spiro atoms. The predicted molar refractivity (Wildman–Crippen MR) is 112 cm³/mol. The Hall–Kier alpha value is -2.21. The number of aromatic nitrogens is 2. The maximum atomic E-state index is 13.3. The van der Waals surface area contributed by atoms with Crippen LogP contribution >= 0.6 is 34.8 Å². The molecule has 1 fully saturated rings. The van der Waals surface area contributed by atoms with Gasteiger partial charge >= 0.3 is 0 Å². The van der Waals surface area contributed by atoms with Crippen molar-refractivity contribution < 1.29 is 4.79 Å². The fraction of sp³-hybridized carbons (Fsp3) is 0.200. The number of para-hydroxylation sites is 1. The second kappa shape index (κ2) is 6.99. The van der Waals surface area contributed by atoms with E-state index in [1.165, 1.54) is 9.58 Å². The van der Waals surface area contributed by atoms with Crippen LogP contribution in [0.1, 0.15) is 17.3 Å². The van der Waals surface area contributed by atoms with Gasteiger partial charge in [0.15, 0.2) is 0 Å². The Morgan fingerprint density at radius 1 is 0.929 bits per heavy atom. The van der Waals surface area contributed by atoms with Gasteiger partial charge < -0.3 is 0 Å². The minimum absolute atomic E-state index is 0.272. The molecule has 0 saturated carbocycles. The lowest BCUT2D eigenvalue weighted by Crippen LogP contribution is -2.58. The smallest absolute Gasteiger partial charge is 0.295 e. The predicted octanol–water partition coefficient (Wildman–Crippen LogP) is 4.49. The van der Waals surface area contributed by atoms with E-state index in [1.54, 1.807) is 36.9 Å². The van der Waals surface area contributed by atoms with Gasteiger partial charge in [0.05, 0.1) is 17.4 Å². The Morgan fingerprint density at radius 2 is 1.54 bits per heavy atom. The first-order valence-electron chi connectivity index (χ1n) is 8.59. The van der Waals surface area contributed by atoms with Gasteiger partial charge in [0.1, 0.15) is 11.1 Å². The quantitative estimate of drug-likeness (QED) is 0.449. The maximum Gasteiger partial charge on any atom is 0.295 e. The van der Waals surface area contributed by atoms with E-state index >= 15 is 0 Å². The van der Waals surface area contributed by atoms with Crippen molar-refractivity contribution in [2.24, 2.45) is 7.05 Å². The molecule has 0 unspecified atom stereocenters. The Kier molecular flexibility index (Phi) is 4.78. The number of carbonyl (C=O) groups is 1. The zero-order valence-electron chi connectivity index (χ0n) is 15.1. The number of β-lactam (4-membered cyclic amide) rings is 1. The van der Waals surface area contributed by atoms with Crippen LogP contribution in [-0.4, -0.2) is 20.6 Å². The lowest BCUT2D eigenvalue weighted by Gasteiger charge is -2.44. The van der Waals surface area contributed by atoms with Crippen molar-refractivity contribution in [2.45, 2.75) is 18.3 Å². The molecule has 2 heterocycles. The summed E-state index contributed by atoms with van der Waals surface area (Å²) in [6.45, 7) is 1.79. The molecule has 28 heavy (non-hydrogen) atoms. The first kappa shape index (κ1) is 19.1. The number of hydrogen-bond acceptors (Lipinski definition) is 2. The molecule has 0 N–H and O–H groups in total. The van der Waals surface area contributed by atoms with Gasteiger partial charge in [-0.15, -0.1) is 11.6 Å². The maximum absolute atomic E-state index is 13.3. The fourth-order valence-electron chi connectivity index (χ4n) is 3.60. The molecule has 1 amide bonds. The number of rotatable bonds is 3. The van der Waals surface area contributed by atoms with Crippen LogP contribution in [0.15, 0.2) is 53.3 Å². The Balaban J connectivity index is 1.90. The van der Waals surface area contributed by atoms with Crippen LogP contribution in [0.25, 0.3) is 5.69 Å². The van der Waals surface area contributed by atoms with Crippen LogP contribution in [0.4, 0.5) is 5.69 Å². The number of hydrogen-bond donors (Lipinski definition) is 0. The average Bonchev–Trinajstić information content (AvgIpc) is 2.90. The summed E-state index contributed by atoms with van der Waals surface area (Å²) in [6, 6.07) is 13.7. The highest BCUT2D eigenvalue weighted by Gasteiger charge is 2.51. The Labute approximate surface area is 176 Å². The first-order chi connectivity index (χ1) is 13.3. The molecule has 0 bridgehead atoms. The van der Waals surface area contributed by atoms with Gasteiger partial charge in [0.25, 0.3) is 5.56 Å². The van der Waals surface area contributed by atoms with E-state index in [0.717, 1.165) is 0 Å². The molecular weight excluding hydrogens is 421 g/mol. The zero-order valence-corrected chi connectivity index (χ0v) is 17.3. The summed E-state index contributed by atoms with van der Waals surface area (Å²) >= 11 is 19.0. The first-order valence-corrected chi connectivity index (χ1v) is 9.79. The number of nitrogens with zero attached hydrogens (tertiary/aromatic N) is 3. The largest absolute Gasteiger partial charge is 0.295 e. The van der Waals surface area contributed by atoms with Gasteiger partial charge in [-0.2, -0.15) is 0 Å². The van der Waals surface area contributed by atoms with Gasteiger partial charge in [-0.3, -0.25) is 19.2 Å². The summed E-state index contributed by atoms with van der Waals surface area (Å²) in [7, 11) is 1.77. The number of amides is 1. The average molecular weight is 437 g/mol. The molecule has 0 aliphatic carbocycles. The van der Waals surface area contributed by atoms with Crippen LogP contribution in [0, 0.1) is 6.92 Å². The molecule has 1 aromatic heterocycles. The molecule has 1 saturated heterocycles. The summed E-state index contributed by atoms with van der Waals surface area (Å²) < 4.78 is 3.23. The van der Waals surface area contributed by atoms with Gasteiger partial charge in [-0.25, -0.2) is 4.68 Å².